The smallest absolute Gasteiger partial charge is 0.240 e. The second-order valence-corrected chi connectivity index (χ2v) is 12.8. The Labute approximate surface area is 197 Å². The van der Waals surface area contributed by atoms with E-state index in [1.165, 1.54) is 0 Å². The molecule has 2 rings (SSSR count). The van der Waals surface area contributed by atoms with Gasteiger partial charge in [-0.2, -0.15) is 0 Å². The van der Waals surface area contributed by atoms with Crippen molar-refractivity contribution in [2.24, 2.45) is 22.2 Å². The maximum Gasteiger partial charge on any atom is 0.240 e. The predicted octanol–water partition coefficient (Wildman–Crippen LogP) is 1.10. The molecule has 0 unspecified atom stereocenters. The number of likely N-dealkylation sites (tertiary alicyclic amines) is 1. The number of nitrogens with one attached hydrogen (secondary N) is 2. The zero-order valence-corrected chi connectivity index (χ0v) is 21.8. The lowest BCUT2D eigenvalue weighted by Gasteiger charge is -2.37. The van der Waals surface area contributed by atoms with Crippen LogP contribution in [0.15, 0.2) is 12.7 Å². The molecular weight excluding hydrogens is 446 g/mol. The maximum atomic E-state index is 13.8. The fourth-order valence-electron chi connectivity index (χ4n) is 5.24. The molecule has 9 nitrogen and oxygen atoms in total. The largest absolute Gasteiger partial charge is 0.379 e. The van der Waals surface area contributed by atoms with E-state index in [1.807, 2.05) is 39.3 Å². The van der Waals surface area contributed by atoms with Crippen molar-refractivity contribution in [3.63, 3.8) is 0 Å². The van der Waals surface area contributed by atoms with E-state index >= 15 is 0 Å². The Balaban J connectivity index is 2.42. The van der Waals surface area contributed by atoms with Gasteiger partial charge in [0.2, 0.25) is 21.8 Å². The average Bonchev–Trinajstić information content (AvgIpc) is 3.28. The van der Waals surface area contributed by atoms with Crippen molar-refractivity contribution in [1.82, 2.24) is 14.9 Å². The van der Waals surface area contributed by atoms with Crippen molar-refractivity contribution in [1.29, 1.82) is 0 Å². The molecular formula is C23H39N3O6S. The van der Waals surface area contributed by atoms with Gasteiger partial charge in [0.1, 0.15) is 0 Å². The molecule has 2 aliphatic rings. The van der Waals surface area contributed by atoms with E-state index in [9.17, 15) is 22.8 Å². The average molecular weight is 486 g/mol. The molecule has 33 heavy (non-hydrogen) atoms. The summed E-state index contributed by atoms with van der Waals surface area (Å²) >= 11 is 0. The van der Waals surface area contributed by atoms with Crippen LogP contribution in [0.5, 0.6) is 0 Å². The van der Waals surface area contributed by atoms with E-state index in [0.717, 1.165) is 6.26 Å². The predicted molar refractivity (Wildman–Crippen MR) is 126 cm³/mol. The number of amides is 2. The highest BCUT2D eigenvalue weighted by atomic mass is 32.2. The Kier molecular flexibility index (Phi) is 7.58. The lowest BCUT2D eigenvalue weighted by Crippen LogP contribution is -2.56. The first-order valence-corrected chi connectivity index (χ1v) is 13.0. The van der Waals surface area contributed by atoms with Crippen molar-refractivity contribution in [2.75, 3.05) is 27.0 Å². The van der Waals surface area contributed by atoms with Crippen LogP contribution < -0.4 is 10.0 Å². The third-order valence-corrected chi connectivity index (χ3v) is 7.68. The maximum absolute atomic E-state index is 13.8. The molecule has 0 aromatic rings. The van der Waals surface area contributed by atoms with Crippen molar-refractivity contribution in [2.45, 2.75) is 65.6 Å². The van der Waals surface area contributed by atoms with Gasteiger partial charge in [0.05, 0.1) is 29.9 Å². The van der Waals surface area contributed by atoms with Crippen LogP contribution in [0.1, 0.15) is 47.5 Å². The van der Waals surface area contributed by atoms with Crippen LogP contribution in [-0.2, 0) is 29.1 Å². The number of ether oxygens (including phenoxy) is 1. The molecule has 0 bridgehead atoms. The molecule has 1 saturated carbocycles. The highest BCUT2D eigenvalue weighted by Gasteiger charge is 2.62. The Morgan fingerprint density at radius 1 is 1.27 bits per heavy atom. The summed E-state index contributed by atoms with van der Waals surface area (Å²) in [4.78, 5) is 41.7. The van der Waals surface area contributed by atoms with E-state index in [4.69, 9.17) is 4.74 Å². The number of hydrogen-bond acceptors (Lipinski definition) is 7. The van der Waals surface area contributed by atoms with Gasteiger partial charge in [-0.3, -0.25) is 19.1 Å². The molecule has 1 aliphatic carbocycles. The Morgan fingerprint density at radius 3 is 2.24 bits per heavy atom. The number of rotatable bonds is 9. The number of carbonyl (C=O) groups is 3. The van der Waals surface area contributed by atoms with Crippen molar-refractivity contribution in [3.8, 4) is 0 Å². The summed E-state index contributed by atoms with van der Waals surface area (Å²) in [6, 6.07) is -1.34. The minimum Gasteiger partial charge on any atom is -0.379 e. The summed E-state index contributed by atoms with van der Waals surface area (Å²) in [6.45, 7) is 13.6. The molecule has 0 radical (unpaired) electrons. The first kappa shape index (κ1) is 27.5. The van der Waals surface area contributed by atoms with E-state index in [-0.39, 0.29) is 36.7 Å². The standard InChI is InChI=1S/C23H39N3O6S/c1-10-14-11-23(14,20(29)25-33(9,30)31)12-15(27)18-22(5,6)16(32-8)13-26(18)19(28)17(24-7)21(2,3)4/h10,14,16-18,24H,1,11-13H2,2-9H3,(H,25,29)/t14-,16+,17-,18-,23-/m1/s1. The molecule has 0 aromatic carbocycles. The molecule has 2 fully saturated rings. The van der Waals surface area contributed by atoms with Crippen LogP contribution in [0.3, 0.4) is 0 Å². The minimum absolute atomic E-state index is 0.181. The number of likely N-dealkylation sites (N-methyl/N-ethyl adjacent to an activating group) is 1. The van der Waals surface area contributed by atoms with Gasteiger partial charge in [0.25, 0.3) is 0 Å². The van der Waals surface area contributed by atoms with Gasteiger partial charge < -0.3 is 15.0 Å². The zero-order valence-electron chi connectivity index (χ0n) is 21.0. The van der Waals surface area contributed by atoms with E-state index in [1.54, 1.807) is 25.1 Å². The summed E-state index contributed by atoms with van der Waals surface area (Å²) in [6.07, 6.45) is 2.26. The van der Waals surface area contributed by atoms with E-state index < -0.39 is 44.3 Å². The normalized spacial score (nSPS) is 29.9. The number of Topliss-reactive ketones (excluding diaryl/α,β-unsaturated/α-hetero) is 1. The first-order chi connectivity index (χ1) is 15.0. The quantitative estimate of drug-likeness (QED) is 0.469. The summed E-state index contributed by atoms with van der Waals surface area (Å²) < 4.78 is 31.0. The number of carbonyl (C=O) groups excluding carboxylic acids is 3. The van der Waals surface area contributed by atoms with Gasteiger partial charge in [-0.15, -0.1) is 6.58 Å². The SMILES string of the molecule is C=C[C@@H]1C[C@]1(CC(=O)[C@H]1N(C(=O)[C@@H](NC)C(C)(C)C)C[C@H](OC)C1(C)C)C(=O)NS(C)(=O)=O. The number of allylic oxidation sites excluding steroid dienone is 1. The Morgan fingerprint density at radius 2 is 1.85 bits per heavy atom. The van der Waals surface area contributed by atoms with Crippen molar-refractivity contribution >= 4 is 27.6 Å². The van der Waals surface area contributed by atoms with Crippen LogP contribution in [-0.4, -0.2) is 76.1 Å². The van der Waals surface area contributed by atoms with Gasteiger partial charge in [-0.25, -0.2) is 8.42 Å². The summed E-state index contributed by atoms with van der Waals surface area (Å²) in [5.41, 5.74) is -2.27. The number of methoxy groups -OCH3 is 1. The lowest BCUT2D eigenvalue weighted by atomic mass is 9.77. The van der Waals surface area contributed by atoms with Gasteiger partial charge >= 0.3 is 0 Å². The molecule has 10 heteroatoms. The summed E-state index contributed by atoms with van der Waals surface area (Å²) in [7, 11) is -0.518. The third kappa shape index (κ3) is 5.33. The number of hydrogen-bond donors (Lipinski definition) is 2. The van der Waals surface area contributed by atoms with Crippen molar-refractivity contribution in [3.05, 3.63) is 12.7 Å². The fraction of sp³-hybridized carbons (Fsp3) is 0.783. The van der Waals surface area contributed by atoms with E-state index in [0.29, 0.717) is 6.42 Å². The number of nitrogens with zero attached hydrogens (tertiary/aromatic N) is 1. The van der Waals surface area contributed by atoms with Crippen LogP contribution >= 0.6 is 0 Å². The van der Waals surface area contributed by atoms with E-state index in [2.05, 4.69) is 11.9 Å². The van der Waals surface area contributed by atoms with Crippen LogP contribution in [0, 0.1) is 22.2 Å². The number of sulfonamides is 1. The van der Waals surface area contributed by atoms with Crippen LogP contribution in [0.25, 0.3) is 0 Å². The topological polar surface area (TPSA) is 122 Å². The molecule has 1 saturated heterocycles. The minimum atomic E-state index is -3.78. The monoisotopic (exact) mass is 485 g/mol. The summed E-state index contributed by atoms with van der Waals surface area (Å²) in [5, 5.41) is 3.07. The fourth-order valence-corrected chi connectivity index (χ4v) is 5.78. The molecule has 0 spiro atoms. The van der Waals surface area contributed by atoms with Gasteiger partial charge in [-0.05, 0) is 24.8 Å². The Bertz CT molecular complexity index is 923. The summed E-state index contributed by atoms with van der Waals surface area (Å²) in [5.74, 6) is -1.51. The van der Waals surface area contributed by atoms with Gasteiger partial charge in [-0.1, -0.05) is 40.7 Å². The number of ketones is 1. The molecule has 1 heterocycles. The first-order valence-electron chi connectivity index (χ1n) is 11.1. The van der Waals surface area contributed by atoms with Crippen LogP contribution in [0.4, 0.5) is 0 Å². The molecule has 2 amide bonds. The van der Waals surface area contributed by atoms with Gasteiger partial charge in [0.15, 0.2) is 5.78 Å². The lowest BCUT2D eigenvalue weighted by molar-refractivity contribution is -0.144. The highest BCUT2D eigenvalue weighted by Crippen LogP contribution is 2.57. The highest BCUT2D eigenvalue weighted by molar-refractivity contribution is 7.89. The molecule has 1 aliphatic heterocycles. The third-order valence-electron chi connectivity index (χ3n) is 7.12. The molecule has 0 aromatic heterocycles. The Hall–Kier alpha value is -1.78. The molecule has 5 atom stereocenters. The van der Waals surface area contributed by atoms with Gasteiger partial charge in [0, 0.05) is 25.5 Å². The second kappa shape index (κ2) is 9.11. The molecule has 188 valence electrons. The van der Waals surface area contributed by atoms with Crippen molar-refractivity contribution < 1.29 is 27.5 Å². The second-order valence-electron chi connectivity index (χ2n) is 11.1. The molecule has 2 N–H and O–H groups in total. The zero-order chi connectivity index (χ0) is 25.6. The van der Waals surface area contributed by atoms with Crippen LogP contribution in [0.2, 0.25) is 0 Å².